The number of thioether (sulfide) groups is 1. The van der Waals surface area contributed by atoms with Crippen molar-refractivity contribution in [2.75, 3.05) is 31.7 Å². The molecule has 2 aromatic carbocycles. The number of carbonyl (C=O) groups is 1. The lowest BCUT2D eigenvalue weighted by Gasteiger charge is -2.47. The van der Waals surface area contributed by atoms with Gasteiger partial charge in [0.2, 0.25) is 0 Å². The first-order valence-corrected chi connectivity index (χ1v) is 12.8. The molecule has 180 valence electrons. The summed E-state index contributed by atoms with van der Waals surface area (Å²) in [6, 6.07) is 14.4. The smallest absolute Gasteiger partial charge is 0.266 e. The van der Waals surface area contributed by atoms with Crippen molar-refractivity contribution in [2.45, 2.75) is 52.5 Å². The van der Waals surface area contributed by atoms with Crippen molar-refractivity contribution in [3.05, 3.63) is 64.1 Å². The van der Waals surface area contributed by atoms with Crippen LogP contribution in [0, 0.1) is 6.92 Å². The lowest BCUT2D eigenvalue weighted by Crippen LogP contribution is -2.48. The molecule has 1 saturated heterocycles. The molecule has 1 amide bonds. The number of fused-ring (bicyclic) bond motifs is 1. The van der Waals surface area contributed by atoms with E-state index in [1.54, 1.807) is 12.0 Å². The number of amidine groups is 1. The summed E-state index contributed by atoms with van der Waals surface area (Å²) in [5.41, 5.74) is 5.94. The Morgan fingerprint density at radius 1 is 1.24 bits per heavy atom. The van der Waals surface area contributed by atoms with Gasteiger partial charge in [0.05, 0.1) is 23.7 Å². The molecule has 34 heavy (non-hydrogen) atoms. The first-order chi connectivity index (χ1) is 16.2. The lowest BCUT2D eigenvalue weighted by atomic mass is 9.79. The van der Waals surface area contributed by atoms with Gasteiger partial charge in [-0.2, -0.15) is 0 Å². The van der Waals surface area contributed by atoms with Crippen LogP contribution in [0.5, 0.6) is 0 Å². The molecule has 4 rings (SSSR count). The van der Waals surface area contributed by atoms with Crippen molar-refractivity contribution in [1.29, 1.82) is 0 Å². The van der Waals surface area contributed by atoms with Gasteiger partial charge < -0.3 is 9.64 Å². The van der Waals surface area contributed by atoms with E-state index in [1.165, 1.54) is 28.6 Å². The molecular weight excluding hydrogens is 442 g/mol. The first-order valence-electron chi connectivity index (χ1n) is 12.0. The molecule has 5 nitrogen and oxygen atoms in total. The van der Waals surface area contributed by atoms with Crippen molar-refractivity contribution in [3.8, 4) is 0 Å². The Hall–Kier alpha value is -2.57. The average Bonchev–Trinajstić information content (AvgIpc) is 3.07. The number of aryl methyl sites for hydroxylation is 1. The molecule has 0 saturated carbocycles. The predicted molar refractivity (Wildman–Crippen MR) is 144 cm³/mol. The van der Waals surface area contributed by atoms with Crippen LogP contribution in [0.3, 0.4) is 0 Å². The molecule has 0 unspecified atom stereocenters. The van der Waals surface area contributed by atoms with Gasteiger partial charge in [0, 0.05) is 24.9 Å². The maximum atomic E-state index is 13.4. The standard InChI is InChI=1S/C28H35N3O2S/c1-7-31-24-15-19(2)21(16-23(24)20(3)18-28(31,4)5)17-25-26(32)30(13-14-33-6)27(34-25)29-22-11-9-8-10-12-22/h8-12,15-17,20H,7,13-14,18H2,1-6H3/b25-17-,29-27?/t20-/m0/s1. The first kappa shape index (κ1) is 24.6. The minimum atomic E-state index is -0.0155. The van der Waals surface area contributed by atoms with Gasteiger partial charge in [0.1, 0.15) is 0 Å². The average molecular weight is 478 g/mol. The number of rotatable bonds is 6. The van der Waals surface area contributed by atoms with Crippen LogP contribution in [-0.2, 0) is 9.53 Å². The highest BCUT2D eigenvalue weighted by atomic mass is 32.2. The van der Waals surface area contributed by atoms with Gasteiger partial charge in [-0.1, -0.05) is 25.1 Å². The molecule has 2 aliphatic rings. The van der Waals surface area contributed by atoms with Crippen LogP contribution >= 0.6 is 11.8 Å². The zero-order valence-corrected chi connectivity index (χ0v) is 21.9. The SMILES string of the molecule is CCN1c2cc(C)c(/C=C3\SC(=Nc4ccccc4)N(CCOC)C3=O)cc2[C@@H](C)CC1(C)C. The quantitative estimate of drug-likeness (QED) is 0.454. The van der Waals surface area contributed by atoms with Gasteiger partial charge in [-0.15, -0.1) is 0 Å². The number of benzene rings is 2. The molecule has 0 bridgehead atoms. The Morgan fingerprint density at radius 2 is 1.97 bits per heavy atom. The van der Waals surface area contributed by atoms with E-state index in [9.17, 15) is 4.79 Å². The highest BCUT2D eigenvalue weighted by molar-refractivity contribution is 8.18. The van der Waals surface area contributed by atoms with E-state index in [2.05, 4.69) is 51.7 Å². The zero-order valence-electron chi connectivity index (χ0n) is 21.1. The summed E-state index contributed by atoms with van der Waals surface area (Å²) in [7, 11) is 1.65. The van der Waals surface area contributed by atoms with E-state index < -0.39 is 0 Å². The topological polar surface area (TPSA) is 45.1 Å². The summed E-state index contributed by atoms with van der Waals surface area (Å²) in [6.07, 6.45) is 3.15. The maximum Gasteiger partial charge on any atom is 0.266 e. The molecule has 0 radical (unpaired) electrons. The van der Waals surface area contributed by atoms with Gasteiger partial charge in [0.15, 0.2) is 5.17 Å². The van der Waals surface area contributed by atoms with Gasteiger partial charge in [-0.05, 0) is 98.8 Å². The number of carbonyl (C=O) groups excluding carboxylic acids is 1. The zero-order chi connectivity index (χ0) is 24.5. The third-order valence-electron chi connectivity index (χ3n) is 6.76. The van der Waals surface area contributed by atoms with Crippen molar-refractivity contribution in [1.82, 2.24) is 4.90 Å². The summed E-state index contributed by atoms with van der Waals surface area (Å²) in [6.45, 7) is 13.3. The Kier molecular flexibility index (Phi) is 7.20. The Bertz CT molecular complexity index is 1120. The van der Waals surface area contributed by atoms with Crippen LogP contribution in [0.15, 0.2) is 52.4 Å². The van der Waals surface area contributed by atoms with E-state index in [0.29, 0.717) is 29.1 Å². The minimum Gasteiger partial charge on any atom is -0.383 e. The van der Waals surface area contributed by atoms with E-state index in [4.69, 9.17) is 9.73 Å². The molecular formula is C28H35N3O2S. The largest absolute Gasteiger partial charge is 0.383 e. The van der Waals surface area contributed by atoms with Crippen molar-refractivity contribution >= 4 is 40.3 Å². The third kappa shape index (κ3) is 4.80. The van der Waals surface area contributed by atoms with Crippen molar-refractivity contribution in [2.24, 2.45) is 4.99 Å². The van der Waals surface area contributed by atoms with E-state index in [-0.39, 0.29) is 11.4 Å². The fourth-order valence-corrected chi connectivity index (χ4v) is 6.15. The molecule has 2 aliphatic heterocycles. The monoisotopic (exact) mass is 477 g/mol. The molecule has 2 aromatic rings. The molecule has 1 fully saturated rings. The van der Waals surface area contributed by atoms with Crippen LogP contribution < -0.4 is 4.90 Å². The highest BCUT2D eigenvalue weighted by Gasteiger charge is 2.36. The number of hydrogen-bond donors (Lipinski definition) is 0. The normalized spacial score (nSPS) is 22.1. The Morgan fingerprint density at radius 3 is 2.65 bits per heavy atom. The molecule has 6 heteroatoms. The van der Waals surface area contributed by atoms with Gasteiger partial charge >= 0.3 is 0 Å². The van der Waals surface area contributed by atoms with Crippen molar-refractivity contribution in [3.63, 3.8) is 0 Å². The van der Waals surface area contributed by atoms with Gasteiger partial charge in [-0.25, -0.2) is 4.99 Å². The van der Waals surface area contributed by atoms with E-state index in [1.807, 2.05) is 36.4 Å². The third-order valence-corrected chi connectivity index (χ3v) is 7.77. The molecule has 2 heterocycles. The van der Waals surface area contributed by atoms with Crippen LogP contribution in [0.1, 0.15) is 56.7 Å². The number of ether oxygens (including phenoxy) is 1. The summed E-state index contributed by atoms with van der Waals surface area (Å²) >= 11 is 1.44. The Labute approximate surface area is 207 Å². The number of anilines is 1. The van der Waals surface area contributed by atoms with Crippen LogP contribution in [0.4, 0.5) is 11.4 Å². The molecule has 0 aromatic heterocycles. The minimum absolute atomic E-state index is 0.0155. The van der Waals surface area contributed by atoms with Crippen LogP contribution in [0.25, 0.3) is 6.08 Å². The summed E-state index contributed by atoms with van der Waals surface area (Å²) < 4.78 is 5.25. The Balaban J connectivity index is 1.72. The number of para-hydroxylation sites is 1. The molecule has 1 atom stereocenters. The summed E-state index contributed by atoms with van der Waals surface area (Å²) in [5, 5.41) is 0.697. The van der Waals surface area contributed by atoms with Gasteiger partial charge in [-0.3, -0.25) is 9.69 Å². The highest BCUT2D eigenvalue weighted by Crippen LogP contribution is 2.45. The number of aliphatic imine (C=N–C) groups is 1. The van der Waals surface area contributed by atoms with Crippen molar-refractivity contribution < 1.29 is 9.53 Å². The number of amides is 1. The number of methoxy groups -OCH3 is 1. The predicted octanol–water partition coefficient (Wildman–Crippen LogP) is 6.36. The summed E-state index contributed by atoms with van der Waals surface area (Å²) in [4.78, 5) is 23.1. The maximum absolute atomic E-state index is 13.4. The second-order valence-corrected chi connectivity index (χ2v) is 10.7. The summed E-state index contributed by atoms with van der Waals surface area (Å²) in [5.74, 6) is 0.448. The van der Waals surface area contributed by atoms with Gasteiger partial charge in [0.25, 0.3) is 5.91 Å². The van der Waals surface area contributed by atoms with E-state index >= 15 is 0 Å². The second kappa shape index (κ2) is 9.96. The fourth-order valence-electron chi connectivity index (χ4n) is 5.13. The van der Waals surface area contributed by atoms with E-state index in [0.717, 1.165) is 24.2 Å². The second-order valence-electron chi connectivity index (χ2n) is 9.72. The molecule has 0 N–H and O–H groups in total. The fraction of sp³-hybridized carbons (Fsp3) is 0.429. The molecule has 0 spiro atoms. The van der Waals surface area contributed by atoms with Crippen LogP contribution in [0.2, 0.25) is 0 Å². The molecule has 0 aliphatic carbocycles. The lowest BCUT2D eigenvalue weighted by molar-refractivity contribution is -0.122. The van der Waals surface area contributed by atoms with Crippen LogP contribution in [-0.4, -0.2) is 48.3 Å². The number of hydrogen-bond acceptors (Lipinski definition) is 5. The number of nitrogens with zero attached hydrogens (tertiary/aromatic N) is 3.